The van der Waals surface area contributed by atoms with Gasteiger partial charge in [0.05, 0.1) is 0 Å². The molecular weight excluding hydrogens is 524 g/mol. The van der Waals surface area contributed by atoms with Crippen LogP contribution in [0.15, 0.2) is 30.3 Å². The molecule has 1 fully saturated rings. The highest BCUT2D eigenvalue weighted by Gasteiger charge is 2.55. The van der Waals surface area contributed by atoms with Crippen molar-refractivity contribution in [3.05, 3.63) is 35.9 Å². The van der Waals surface area contributed by atoms with E-state index in [1.807, 2.05) is 18.2 Å². The van der Waals surface area contributed by atoms with Crippen LogP contribution in [0.2, 0.25) is 0 Å². The van der Waals surface area contributed by atoms with Gasteiger partial charge >= 0.3 is 6.09 Å². The van der Waals surface area contributed by atoms with Gasteiger partial charge in [0.25, 0.3) is 0 Å². The van der Waals surface area contributed by atoms with E-state index in [0.29, 0.717) is 12.8 Å². The number of amides is 2. The second kappa shape index (κ2) is 18.7. The van der Waals surface area contributed by atoms with E-state index in [9.17, 15) is 9.59 Å². The number of unbranched alkanes of at least 4 members (excludes halogenated alkanes) is 11. The Labute approximate surface area is 257 Å². The van der Waals surface area contributed by atoms with Gasteiger partial charge in [0.2, 0.25) is 5.91 Å². The standard InChI is InChI=1S/C36H62N2O4/c1-8-11-12-13-14-15-16-17-18-19-20-24-27-33(39)37-34(40)41-32-28-35(6,9-2)38(36(7,10-3)29(32)4)42-30(5)31-25-22-21-23-26-31/h21-23,25-26,29-30,32H,8-20,24,27-28H2,1-7H3,(H,37,39,40). The number of nitrogens with zero attached hydrogens (tertiary/aromatic N) is 1. The second-order valence-electron chi connectivity index (χ2n) is 13.1. The van der Waals surface area contributed by atoms with E-state index in [1.165, 1.54) is 57.8 Å². The number of ether oxygens (including phenoxy) is 1. The van der Waals surface area contributed by atoms with E-state index < -0.39 is 6.09 Å². The van der Waals surface area contributed by atoms with Gasteiger partial charge in [0.1, 0.15) is 12.2 Å². The maximum Gasteiger partial charge on any atom is 0.414 e. The fourth-order valence-electron chi connectivity index (χ4n) is 6.45. The summed E-state index contributed by atoms with van der Waals surface area (Å²) in [6, 6.07) is 10.3. The summed E-state index contributed by atoms with van der Waals surface area (Å²) in [5.74, 6) is -0.226. The molecule has 2 amide bonds. The molecule has 1 aliphatic heterocycles. The van der Waals surface area contributed by atoms with Crippen molar-refractivity contribution < 1.29 is 19.2 Å². The minimum Gasteiger partial charge on any atom is -0.446 e. The lowest BCUT2D eigenvalue weighted by Crippen LogP contribution is -2.68. The molecule has 42 heavy (non-hydrogen) atoms. The average molecular weight is 587 g/mol. The summed E-state index contributed by atoms with van der Waals surface area (Å²) in [4.78, 5) is 32.0. The number of nitrogens with one attached hydrogen (secondary N) is 1. The third-order valence-corrected chi connectivity index (χ3v) is 9.90. The van der Waals surface area contributed by atoms with Crippen molar-refractivity contribution in [3.63, 3.8) is 0 Å². The van der Waals surface area contributed by atoms with Crippen LogP contribution in [0.1, 0.15) is 163 Å². The van der Waals surface area contributed by atoms with Crippen molar-refractivity contribution in [3.8, 4) is 0 Å². The van der Waals surface area contributed by atoms with Gasteiger partial charge in [0.15, 0.2) is 0 Å². The number of alkyl carbamates (subject to hydrolysis) is 1. The normalized spacial score (nSPS) is 25.2. The molecule has 0 radical (unpaired) electrons. The number of benzene rings is 1. The van der Waals surface area contributed by atoms with Crippen LogP contribution in [0, 0.1) is 5.92 Å². The van der Waals surface area contributed by atoms with Gasteiger partial charge in [-0.1, -0.05) is 129 Å². The third kappa shape index (κ3) is 11.0. The van der Waals surface area contributed by atoms with Crippen molar-refractivity contribution in [1.29, 1.82) is 0 Å². The van der Waals surface area contributed by atoms with Crippen LogP contribution in [-0.2, 0) is 14.4 Å². The first-order valence-electron chi connectivity index (χ1n) is 17.1. The first-order valence-corrected chi connectivity index (χ1v) is 17.1. The van der Waals surface area contributed by atoms with E-state index in [0.717, 1.165) is 37.7 Å². The van der Waals surface area contributed by atoms with Crippen LogP contribution in [0.5, 0.6) is 0 Å². The minimum atomic E-state index is -0.625. The summed E-state index contributed by atoms with van der Waals surface area (Å²) < 4.78 is 5.97. The fourth-order valence-corrected chi connectivity index (χ4v) is 6.45. The SMILES string of the molecule is CCCCCCCCCCCCCCC(=O)NC(=O)OC1CC(C)(CC)N(OC(C)c2ccccc2)C(C)(CC)C1C. The molecule has 0 aliphatic carbocycles. The van der Waals surface area contributed by atoms with E-state index >= 15 is 0 Å². The van der Waals surface area contributed by atoms with Crippen molar-refractivity contribution in [2.75, 3.05) is 0 Å². The second-order valence-corrected chi connectivity index (χ2v) is 13.1. The summed E-state index contributed by atoms with van der Waals surface area (Å²) >= 11 is 0. The van der Waals surface area contributed by atoms with Crippen molar-refractivity contribution in [2.24, 2.45) is 5.92 Å². The molecule has 1 aromatic rings. The van der Waals surface area contributed by atoms with Crippen LogP contribution >= 0.6 is 0 Å². The van der Waals surface area contributed by atoms with Crippen molar-refractivity contribution in [1.82, 2.24) is 10.4 Å². The summed E-state index contributed by atoms with van der Waals surface area (Å²) in [5, 5.41) is 4.69. The zero-order valence-corrected chi connectivity index (χ0v) is 28.0. The van der Waals surface area contributed by atoms with E-state index in [1.54, 1.807) is 0 Å². The molecule has 1 aliphatic rings. The van der Waals surface area contributed by atoms with Gasteiger partial charge in [-0.2, -0.15) is 5.06 Å². The van der Waals surface area contributed by atoms with Gasteiger partial charge in [-0.3, -0.25) is 14.9 Å². The molecule has 0 spiro atoms. The van der Waals surface area contributed by atoms with Crippen LogP contribution in [-0.4, -0.2) is 34.2 Å². The zero-order chi connectivity index (χ0) is 31.0. The molecule has 1 N–H and O–H groups in total. The summed E-state index contributed by atoms with van der Waals surface area (Å²) in [5.41, 5.74) is 0.451. The number of hydrogen-bond donors (Lipinski definition) is 1. The number of piperidine rings is 1. The fraction of sp³-hybridized carbons (Fsp3) is 0.778. The summed E-state index contributed by atoms with van der Waals surface area (Å²) in [7, 11) is 0. The van der Waals surface area contributed by atoms with Crippen LogP contribution in [0.25, 0.3) is 0 Å². The summed E-state index contributed by atoms with van der Waals surface area (Å²) in [6.07, 6.45) is 16.6. The maximum atomic E-state index is 12.8. The van der Waals surface area contributed by atoms with Gasteiger partial charge in [-0.15, -0.1) is 0 Å². The lowest BCUT2D eigenvalue weighted by molar-refractivity contribution is -0.335. The number of carbonyl (C=O) groups is 2. The number of hydrogen-bond acceptors (Lipinski definition) is 5. The van der Waals surface area contributed by atoms with Crippen LogP contribution in [0.3, 0.4) is 0 Å². The molecule has 2 rings (SSSR count). The Bertz CT molecular complexity index is 909. The molecule has 240 valence electrons. The molecule has 1 heterocycles. The molecule has 5 atom stereocenters. The number of carbonyl (C=O) groups excluding carboxylic acids is 2. The lowest BCUT2D eigenvalue weighted by Gasteiger charge is -2.59. The van der Waals surface area contributed by atoms with Gasteiger partial charge in [-0.25, -0.2) is 4.79 Å². The molecule has 1 saturated heterocycles. The Morgan fingerprint density at radius 2 is 1.43 bits per heavy atom. The van der Waals surface area contributed by atoms with Gasteiger partial charge < -0.3 is 4.74 Å². The Morgan fingerprint density at radius 3 is 1.95 bits per heavy atom. The molecule has 0 aromatic heterocycles. The monoisotopic (exact) mass is 586 g/mol. The van der Waals surface area contributed by atoms with Crippen LogP contribution in [0.4, 0.5) is 4.79 Å². The van der Waals surface area contributed by atoms with Crippen molar-refractivity contribution >= 4 is 12.0 Å². The number of rotatable bonds is 19. The smallest absolute Gasteiger partial charge is 0.414 e. The molecule has 0 saturated carbocycles. The molecule has 6 heteroatoms. The third-order valence-electron chi connectivity index (χ3n) is 9.90. The van der Waals surface area contributed by atoms with E-state index in [-0.39, 0.29) is 35.1 Å². The Kier molecular flexibility index (Phi) is 16.1. The Balaban J connectivity index is 1.80. The van der Waals surface area contributed by atoms with Gasteiger partial charge in [-0.05, 0) is 45.6 Å². The molecule has 5 unspecified atom stereocenters. The highest BCUT2D eigenvalue weighted by Crippen LogP contribution is 2.48. The first kappa shape index (κ1) is 36.3. The lowest BCUT2D eigenvalue weighted by atomic mass is 9.69. The highest BCUT2D eigenvalue weighted by molar-refractivity contribution is 5.91. The van der Waals surface area contributed by atoms with Crippen molar-refractivity contribution in [2.45, 2.75) is 174 Å². The summed E-state index contributed by atoms with van der Waals surface area (Å²) in [6.45, 7) is 15.2. The Hall–Kier alpha value is -1.92. The van der Waals surface area contributed by atoms with E-state index in [4.69, 9.17) is 9.57 Å². The largest absolute Gasteiger partial charge is 0.446 e. The quantitative estimate of drug-likeness (QED) is 0.163. The van der Waals surface area contributed by atoms with Crippen LogP contribution < -0.4 is 5.32 Å². The molecule has 6 nitrogen and oxygen atoms in total. The first-order chi connectivity index (χ1) is 20.1. The highest BCUT2D eigenvalue weighted by atomic mass is 16.7. The predicted molar refractivity (Wildman–Crippen MR) is 173 cm³/mol. The minimum absolute atomic E-state index is 0.0160. The number of imide groups is 1. The predicted octanol–water partition coefficient (Wildman–Crippen LogP) is 10.1. The van der Waals surface area contributed by atoms with Gasteiger partial charge in [0, 0.05) is 29.8 Å². The molecule has 1 aromatic carbocycles. The topological polar surface area (TPSA) is 67.9 Å². The maximum absolute atomic E-state index is 12.8. The molecular formula is C36H62N2O4. The zero-order valence-electron chi connectivity index (χ0n) is 28.0. The average Bonchev–Trinajstić information content (AvgIpc) is 2.98. The van der Waals surface area contributed by atoms with E-state index in [2.05, 4.69) is 71.0 Å². The Morgan fingerprint density at radius 1 is 0.881 bits per heavy atom. The molecule has 0 bridgehead atoms. The number of hydroxylamine groups is 2.